The smallest absolute Gasteiger partial charge is 0.339 e. The lowest BCUT2D eigenvalue weighted by atomic mass is 9.79. The molecule has 1 fully saturated rings. The largest absolute Gasteiger partial charge is 0.481 e. The van der Waals surface area contributed by atoms with Gasteiger partial charge in [-0.3, -0.25) is 28.8 Å². The third-order valence-corrected chi connectivity index (χ3v) is 9.78. The van der Waals surface area contributed by atoms with E-state index in [4.69, 9.17) is 48.8 Å². The second-order valence-corrected chi connectivity index (χ2v) is 16.5. The van der Waals surface area contributed by atoms with Gasteiger partial charge in [0.1, 0.15) is 39.6 Å². The van der Waals surface area contributed by atoms with E-state index in [0.29, 0.717) is 58.2 Å². The standard InChI is InChI=1S/C15H24O6.C14H20O6.C14H14O6.C10H14O6/c1-2-14(18)20-11-8-4-6-10-15(19)21-12-7-3-5-9-13(16)17;2*1-9(2)13(17)19-7-8-20-14(18)11-6-4-3-5-10(11)12(15)16;1-7(2)10(14)16-6-5-15-9(13)4-3-8(11)12/h2H,1,3-12H2,(H,16,17);10-11H,1,3-8H2,2H3,(H,15,16);3-6H,1,7-8H2,2H3,(H,15,16);1,3-6H2,2H3,(H,11,12). The van der Waals surface area contributed by atoms with E-state index in [1.54, 1.807) is 0 Å². The van der Waals surface area contributed by atoms with Crippen molar-refractivity contribution >= 4 is 71.6 Å². The molecular weight excluding hydrogens is 1020 g/mol. The zero-order valence-corrected chi connectivity index (χ0v) is 43.9. The van der Waals surface area contributed by atoms with Crippen molar-refractivity contribution in [1.82, 2.24) is 0 Å². The third kappa shape index (κ3) is 38.1. The average molecular weight is 1090 g/mol. The maximum Gasteiger partial charge on any atom is 0.339 e. The molecule has 77 heavy (non-hydrogen) atoms. The predicted octanol–water partition coefficient (Wildman–Crippen LogP) is 6.18. The van der Waals surface area contributed by atoms with Crippen LogP contribution in [-0.2, 0) is 85.8 Å². The number of carbonyl (C=O) groups is 12. The SMILES string of the molecule is C=C(C)C(=O)OCCOC(=O)C1CCCCC1C(=O)O.C=C(C)C(=O)OCCOC(=O)CCC(=O)O.C=C(C)C(=O)OCCOC(=O)c1ccccc1C(=O)O.C=CC(=O)OCCCCCC(=O)OCCCCCC(=O)O. The van der Waals surface area contributed by atoms with Crippen LogP contribution in [0.4, 0.5) is 0 Å². The highest BCUT2D eigenvalue weighted by Gasteiger charge is 2.36. The first-order valence-corrected chi connectivity index (χ1v) is 24.3. The van der Waals surface area contributed by atoms with E-state index in [0.717, 1.165) is 31.8 Å². The van der Waals surface area contributed by atoms with Crippen LogP contribution in [0.25, 0.3) is 0 Å². The van der Waals surface area contributed by atoms with Gasteiger partial charge in [-0.2, -0.15) is 0 Å². The molecular formula is C53H72O24. The zero-order chi connectivity index (χ0) is 58.7. The Balaban J connectivity index is 0. The van der Waals surface area contributed by atoms with E-state index < -0.39 is 77.5 Å². The summed E-state index contributed by atoms with van der Waals surface area (Å²) in [5, 5.41) is 34.7. The molecule has 2 atom stereocenters. The van der Waals surface area contributed by atoms with E-state index in [-0.39, 0.29) is 92.7 Å². The summed E-state index contributed by atoms with van der Waals surface area (Å²) in [6.45, 7) is 18.1. The van der Waals surface area contributed by atoms with Crippen LogP contribution in [0.3, 0.4) is 0 Å². The van der Waals surface area contributed by atoms with Crippen molar-refractivity contribution in [2.45, 2.75) is 111 Å². The van der Waals surface area contributed by atoms with E-state index >= 15 is 0 Å². The zero-order valence-electron chi connectivity index (χ0n) is 43.9. The molecule has 0 amide bonds. The lowest BCUT2D eigenvalue weighted by Gasteiger charge is -2.26. The average Bonchev–Trinajstić information content (AvgIpc) is 3.38. The molecule has 1 aliphatic rings. The van der Waals surface area contributed by atoms with E-state index in [1.165, 1.54) is 45.0 Å². The highest BCUT2D eigenvalue weighted by atomic mass is 16.6. The first-order chi connectivity index (χ1) is 36.3. The van der Waals surface area contributed by atoms with E-state index in [2.05, 4.69) is 35.8 Å². The predicted molar refractivity (Wildman–Crippen MR) is 270 cm³/mol. The van der Waals surface area contributed by atoms with Gasteiger partial charge in [0.2, 0.25) is 0 Å². The second kappa shape index (κ2) is 43.1. The van der Waals surface area contributed by atoms with Crippen LogP contribution in [0.15, 0.2) is 73.4 Å². The van der Waals surface area contributed by atoms with Crippen LogP contribution < -0.4 is 0 Å². The summed E-state index contributed by atoms with van der Waals surface area (Å²) in [6.07, 6.45) is 8.08. The highest BCUT2D eigenvalue weighted by Crippen LogP contribution is 2.31. The summed E-state index contributed by atoms with van der Waals surface area (Å²) in [5.74, 6) is -9.59. The number of benzene rings is 1. The molecule has 428 valence electrons. The summed E-state index contributed by atoms with van der Waals surface area (Å²) in [4.78, 5) is 132. The van der Waals surface area contributed by atoms with Gasteiger partial charge >= 0.3 is 71.6 Å². The van der Waals surface area contributed by atoms with Gasteiger partial charge in [0.25, 0.3) is 0 Å². The van der Waals surface area contributed by atoms with Crippen molar-refractivity contribution in [3.63, 3.8) is 0 Å². The number of aromatic carboxylic acids is 1. The van der Waals surface area contributed by atoms with Crippen LogP contribution >= 0.6 is 0 Å². The Kier molecular flexibility index (Phi) is 39.7. The first-order valence-electron chi connectivity index (χ1n) is 24.3. The molecule has 2 unspecified atom stereocenters. The van der Waals surface area contributed by atoms with Crippen molar-refractivity contribution in [1.29, 1.82) is 0 Å². The first kappa shape index (κ1) is 70.9. The number of hydrogen-bond acceptors (Lipinski definition) is 20. The fourth-order valence-electron chi connectivity index (χ4n) is 5.82. The maximum atomic E-state index is 11.8. The number of ether oxygens (including phenoxy) is 8. The Bertz CT molecular complexity index is 2170. The number of esters is 8. The number of carboxylic acid groups (broad SMARTS) is 4. The fourth-order valence-corrected chi connectivity index (χ4v) is 5.82. The summed E-state index contributed by atoms with van der Waals surface area (Å²) >= 11 is 0. The van der Waals surface area contributed by atoms with Crippen LogP contribution in [-0.4, -0.2) is 145 Å². The molecule has 24 nitrogen and oxygen atoms in total. The number of aliphatic carboxylic acids is 3. The van der Waals surface area contributed by atoms with E-state index in [9.17, 15) is 57.5 Å². The summed E-state index contributed by atoms with van der Waals surface area (Å²) in [5.41, 5.74) is 0.585. The van der Waals surface area contributed by atoms with Gasteiger partial charge in [-0.25, -0.2) is 28.8 Å². The summed E-state index contributed by atoms with van der Waals surface area (Å²) in [6, 6.07) is 5.70. The third-order valence-electron chi connectivity index (χ3n) is 9.78. The van der Waals surface area contributed by atoms with Gasteiger partial charge in [0, 0.05) is 35.6 Å². The van der Waals surface area contributed by atoms with Gasteiger partial charge in [-0.05, 0) is 84.3 Å². The Labute approximate surface area is 446 Å². The van der Waals surface area contributed by atoms with Crippen molar-refractivity contribution in [3.8, 4) is 0 Å². The monoisotopic (exact) mass is 1090 g/mol. The maximum absolute atomic E-state index is 11.8. The number of carboxylic acids is 4. The molecule has 0 bridgehead atoms. The molecule has 1 aromatic carbocycles. The van der Waals surface area contributed by atoms with Crippen LogP contribution in [0, 0.1) is 11.8 Å². The number of hydrogen-bond donors (Lipinski definition) is 4. The summed E-state index contributed by atoms with van der Waals surface area (Å²) < 4.78 is 38.4. The second-order valence-electron chi connectivity index (χ2n) is 16.5. The van der Waals surface area contributed by atoms with Gasteiger partial charge in [-0.1, -0.05) is 51.3 Å². The Morgan fingerprint density at radius 1 is 0.481 bits per heavy atom. The van der Waals surface area contributed by atoms with Gasteiger partial charge < -0.3 is 58.3 Å². The Morgan fingerprint density at radius 2 is 0.896 bits per heavy atom. The molecule has 0 aromatic heterocycles. The molecule has 1 aliphatic carbocycles. The molecule has 4 N–H and O–H groups in total. The minimum atomic E-state index is -1.22. The molecule has 0 radical (unpaired) electrons. The topological polar surface area (TPSA) is 360 Å². The van der Waals surface area contributed by atoms with Gasteiger partial charge in [0.05, 0.1) is 49.0 Å². The normalized spacial score (nSPS) is 12.8. The lowest BCUT2D eigenvalue weighted by Crippen LogP contribution is -2.34. The highest BCUT2D eigenvalue weighted by molar-refractivity contribution is 6.02. The molecule has 2 rings (SSSR count). The Hall–Kier alpha value is -8.18. The molecule has 0 saturated heterocycles. The summed E-state index contributed by atoms with van der Waals surface area (Å²) in [7, 11) is 0. The minimum absolute atomic E-state index is 0.0498. The van der Waals surface area contributed by atoms with Crippen LogP contribution in [0.1, 0.15) is 131 Å². The van der Waals surface area contributed by atoms with E-state index in [1.807, 2.05) is 0 Å². The molecule has 1 saturated carbocycles. The minimum Gasteiger partial charge on any atom is -0.481 e. The molecule has 1 aromatic rings. The quantitative estimate of drug-likeness (QED) is 0.0271. The molecule has 0 aliphatic heterocycles. The molecule has 0 heterocycles. The fraction of sp³-hybridized carbons (Fsp3) is 0.509. The number of unbranched alkanes of at least 4 members (excludes halogenated alkanes) is 4. The van der Waals surface area contributed by atoms with Crippen molar-refractivity contribution in [2.24, 2.45) is 11.8 Å². The molecule has 24 heteroatoms. The van der Waals surface area contributed by atoms with Gasteiger partial charge in [0.15, 0.2) is 0 Å². The number of rotatable bonds is 32. The number of carbonyl (C=O) groups excluding carboxylic acids is 8. The van der Waals surface area contributed by atoms with Crippen LogP contribution in [0.5, 0.6) is 0 Å². The van der Waals surface area contributed by atoms with Gasteiger partial charge in [-0.15, -0.1) is 0 Å². The molecule has 0 spiro atoms. The lowest BCUT2D eigenvalue weighted by molar-refractivity contribution is -0.161. The van der Waals surface area contributed by atoms with Crippen LogP contribution in [0.2, 0.25) is 0 Å². The van der Waals surface area contributed by atoms with Crippen molar-refractivity contribution in [2.75, 3.05) is 52.9 Å². The van der Waals surface area contributed by atoms with Crippen molar-refractivity contribution < 1.29 is 116 Å². The van der Waals surface area contributed by atoms with Crippen molar-refractivity contribution in [3.05, 3.63) is 84.5 Å². The Morgan fingerprint density at radius 3 is 1.36 bits per heavy atom.